The molecule has 2 unspecified atom stereocenters. The Morgan fingerprint density at radius 3 is 2.40 bits per heavy atom. The maximum Gasteiger partial charge on any atom is 0.254 e. The summed E-state index contributed by atoms with van der Waals surface area (Å²) in [7, 11) is 1.80. The molecular weight excluding hydrogens is 312 g/mol. The Kier molecular flexibility index (Phi) is 5.53. The van der Waals surface area contributed by atoms with Crippen molar-refractivity contribution in [2.45, 2.75) is 33.4 Å². The van der Waals surface area contributed by atoms with Crippen LogP contribution in [0.5, 0.6) is 0 Å². The van der Waals surface area contributed by atoms with Crippen LogP contribution in [0.1, 0.15) is 41.8 Å². The van der Waals surface area contributed by atoms with Gasteiger partial charge in [0.1, 0.15) is 0 Å². The number of aromatic nitrogens is 2. The molecule has 2 aromatic rings. The molecule has 0 spiro atoms. The van der Waals surface area contributed by atoms with Gasteiger partial charge < -0.3 is 5.32 Å². The molecule has 1 aromatic carbocycles. The van der Waals surface area contributed by atoms with Gasteiger partial charge in [-0.15, -0.1) is 0 Å². The lowest BCUT2D eigenvalue weighted by molar-refractivity contribution is 0.0951. The van der Waals surface area contributed by atoms with Crippen LogP contribution in [0.3, 0.4) is 0 Å². The molecule has 0 bridgehead atoms. The first-order valence-electron chi connectivity index (χ1n) is 9.06. The minimum atomic E-state index is -0.0894. The summed E-state index contributed by atoms with van der Waals surface area (Å²) in [6, 6.07) is 8.57. The summed E-state index contributed by atoms with van der Waals surface area (Å²) in [5, 5.41) is 6.96. The van der Waals surface area contributed by atoms with E-state index >= 15 is 0 Å². The van der Waals surface area contributed by atoms with Crippen LogP contribution in [-0.4, -0.2) is 33.7 Å². The Morgan fingerprint density at radius 2 is 1.80 bits per heavy atom. The lowest BCUT2D eigenvalue weighted by atomic mass is 9.91. The van der Waals surface area contributed by atoms with Crippen molar-refractivity contribution >= 4 is 5.91 Å². The van der Waals surface area contributed by atoms with Gasteiger partial charge >= 0.3 is 0 Å². The van der Waals surface area contributed by atoms with E-state index in [-0.39, 0.29) is 5.91 Å². The van der Waals surface area contributed by atoms with Crippen molar-refractivity contribution in [3.8, 4) is 0 Å². The SMILES string of the molecule is CC1CC(C)CN(Cc2ccc(CNC(=O)c3cnn(C)c3)cc2)C1. The fourth-order valence-electron chi connectivity index (χ4n) is 3.76. The summed E-state index contributed by atoms with van der Waals surface area (Å²) in [5.74, 6) is 1.48. The average Bonchev–Trinajstić information content (AvgIpc) is 2.99. The summed E-state index contributed by atoms with van der Waals surface area (Å²) in [4.78, 5) is 14.6. The second kappa shape index (κ2) is 7.83. The number of rotatable bonds is 5. The number of nitrogens with one attached hydrogen (secondary N) is 1. The molecule has 1 aliphatic rings. The van der Waals surface area contributed by atoms with Gasteiger partial charge in [0.25, 0.3) is 5.91 Å². The molecule has 0 aliphatic carbocycles. The molecule has 3 rings (SSSR count). The minimum absolute atomic E-state index is 0.0894. The molecule has 1 fully saturated rings. The molecule has 5 heteroatoms. The van der Waals surface area contributed by atoms with E-state index in [1.807, 2.05) is 0 Å². The summed E-state index contributed by atoms with van der Waals surface area (Å²) in [5.41, 5.74) is 3.04. The molecule has 2 heterocycles. The third-order valence-electron chi connectivity index (χ3n) is 4.79. The van der Waals surface area contributed by atoms with Crippen LogP contribution >= 0.6 is 0 Å². The summed E-state index contributed by atoms with van der Waals surface area (Å²) in [6.45, 7) is 8.61. The normalized spacial score (nSPS) is 21.2. The molecule has 25 heavy (non-hydrogen) atoms. The monoisotopic (exact) mass is 340 g/mol. The maximum atomic E-state index is 12.1. The van der Waals surface area contributed by atoms with E-state index in [0.29, 0.717) is 12.1 Å². The van der Waals surface area contributed by atoms with E-state index in [1.165, 1.54) is 25.1 Å². The molecule has 1 aliphatic heterocycles. The third-order valence-corrected chi connectivity index (χ3v) is 4.79. The van der Waals surface area contributed by atoms with Crippen LogP contribution in [0.4, 0.5) is 0 Å². The lowest BCUT2D eigenvalue weighted by Crippen LogP contribution is -2.38. The highest BCUT2D eigenvalue weighted by molar-refractivity contribution is 5.93. The first-order valence-corrected chi connectivity index (χ1v) is 9.06. The Bertz CT molecular complexity index is 697. The van der Waals surface area contributed by atoms with Crippen molar-refractivity contribution in [2.75, 3.05) is 13.1 Å². The number of nitrogens with zero attached hydrogens (tertiary/aromatic N) is 3. The van der Waals surface area contributed by atoms with Crippen LogP contribution in [-0.2, 0) is 20.1 Å². The van der Waals surface area contributed by atoms with Crippen molar-refractivity contribution in [2.24, 2.45) is 18.9 Å². The van der Waals surface area contributed by atoms with E-state index < -0.39 is 0 Å². The van der Waals surface area contributed by atoms with Crippen LogP contribution in [0.25, 0.3) is 0 Å². The number of hydrogen-bond donors (Lipinski definition) is 1. The second-order valence-electron chi connectivity index (χ2n) is 7.54. The highest BCUT2D eigenvalue weighted by Crippen LogP contribution is 2.22. The number of aryl methyl sites for hydroxylation is 1. The first-order chi connectivity index (χ1) is 12.0. The van der Waals surface area contributed by atoms with Gasteiger partial charge in [0.2, 0.25) is 0 Å². The largest absolute Gasteiger partial charge is 0.348 e. The topological polar surface area (TPSA) is 50.2 Å². The number of amides is 1. The van der Waals surface area contributed by atoms with Gasteiger partial charge in [-0.2, -0.15) is 5.10 Å². The molecule has 1 aromatic heterocycles. The molecule has 0 radical (unpaired) electrons. The van der Waals surface area contributed by atoms with Crippen molar-refractivity contribution in [3.63, 3.8) is 0 Å². The minimum Gasteiger partial charge on any atom is -0.348 e. The van der Waals surface area contributed by atoms with E-state index in [9.17, 15) is 4.79 Å². The maximum absolute atomic E-state index is 12.1. The number of carbonyl (C=O) groups is 1. The lowest BCUT2D eigenvalue weighted by Gasteiger charge is -2.35. The van der Waals surface area contributed by atoms with Crippen LogP contribution < -0.4 is 5.32 Å². The van der Waals surface area contributed by atoms with Crippen LogP contribution in [0, 0.1) is 11.8 Å². The van der Waals surface area contributed by atoms with Gasteiger partial charge in [-0.1, -0.05) is 38.1 Å². The summed E-state index contributed by atoms with van der Waals surface area (Å²) in [6.07, 6.45) is 4.64. The summed E-state index contributed by atoms with van der Waals surface area (Å²) < 4.78 is 1.63. The standard InChI is InChI=1S/C20H28N4O/c1-15-8-16(2)12-24(11-15)13-18-6-4-17(5-7-18)9-21-20(25)19-10-22-23(3)14-19/h4-7,10,14-16H,8-9,11-13H2,1-3H3,(H,21,25). The summed E-state index contributed by atoms with van der Waals surface area (Å²) >= 11 is 0. The Balaban J connectivity index is 1.51. The van der Waals surface area contributed by atoms with Gasteiger partial charge in [-0.3, -0.25) is 14.4 Å². The molecule has 1 amide bonds. The molecule has 1 saturated heterocycles. The number of likely N-dealkylation sites (tertiary alicyclic amines) is 1. The van der Waals surface area contributed by atoms with Crippen molar-refractivity contribution in [1.82, 2.24) is 20.0 Å². The highest BCUT2D eigenvalue weighted by Gasteiger charge is 2.21. The molecule has 1 N–H and O–H groups in total. The van der Waals surface area contributed by atoms with E-state index in [4.69, 9.17) is 0 Å². The zero-order valence-electron chi connectivity index (χ0n) is 15.4. The smallest absolute Gasteiger partial charge is 0.254 e. The van der Waals surface area contributed by atoms with E-state index in [0.717, 1.165) is 23.9 Å². The van der Waals surface area contributed by atoms with Crippen molar-refractivity contribution in [1.29, 1.82) is 0 Å². The predicted octanol–water partition coefficient (Wildman–Crippen LogP) is 2.83. The van der Waals surface area contributed by atoms with Crippen LogP contribution in [0.15, 0.2) is 36.7 Å². The van der Waals surface area contributed by atoms with Gasteiger partial charge in [-0.05, 0) is 29.4 Å². The number of piperidine rings is 1. The zero-order valence-corrected chi connectivity index (χ0v) is 15.4. The zero-order chi connectivity index (χ0) is 17.8. The fourth-order valence-corrected chi connectivity index (χ4v) is 3.76. The quantitative estimate of drug-likeness (QED) is 0.910. The second-order valence-corrected chi connectivity index (χ2v) is 7.54. The molecule has 0 saturated carbocycles. The number of hydrogen-bond acceptors (Lipinski definition) is 3. The highest BCUT2D eigenvalue weighted by atomic mass is 16.1. The number of benzene rings is 1. The average molecular weight is 340 g/mol. The van der Waals surface area contributed by atoms with Gasteiger partial charge in [0.05, 0.1) is 11.8 Å². The molecular formula is C20H28N4O. The van der Waals surface area contributed by atoms with Crippen molar-refractivity contribution < 1.29 is 4.79 Å². The van der Waals surface area contributed by atoms with Crippen molar-refractivity contribution in [3.05, 3.63) is 53.3 Å². The Hall–Kier alpha value is -2.14. The first kappa shape index (κ1) is 17.7. The number of carbonyl (C=O) groups excluding carboxylic acids is 1. The molecule has 2 atom stereocenters. The third kappa shape index (κ3) is 4.92. The van der Waals surface area contributed by atoms with Gasteiger partial charge in [-0.25, -0.2) is 0 Å². The van der Waals surface area contributed by atoms with Gasteiger partial charge in [0, 0.05) is 39.4 Å². The Labute approximate surface area is 150 Å². The van der Waals surface area contributed by atoms with E-state index in [2.05, 4.69) is 53.4 Å². The predicted molar refractivity (Wildman–Crippen MR) is 99.0 cm³/mol. The molecule has 134 valence electrons. The Morgan fingerprint density at radius 1 is 1.16 bits per heavy atom. The fraction of sp³-hybridized carbons (Fsp3) is 0.500. The van der Waals surface area contributed by atoms with E-state index in [1.54, 1.807) is 24.1 Å². The van der Waals surface area contributed by atoms with Gasteiger partial charge in [0.15, 0.2) is 0 Å². The van der Waals surface area contributed by atoms with Crippen LogP contribution in [0.2, 0.25) is 0 Å². The molecule has 5 nitrogen and oxygen atoms in total.